The molecule has 2 atom stereocenters. The minimum absolute atomic E-state index is 0.00226. The lowest BCUT2D eigenvalue weighted by molar-refractivity contribution is -0.158. The van der Waals surface area contributed by atoms with Crippen molar-refractivity contribution in [3.05, 3.63) is 59.3 Å². The molecule has 7 heteroatoms. The van der Waals surface area contributed by atoms with Crippen molar-refractivity contribution in [3.8, 4) is 11.5 Å². The van der Waals surface area contributed by atoms with Crippen LogP contribution in [-0.4, -0.2) is 52.5 Å². The molecule has 3 aromatic rings. The molecule has 1 saturated heterocycles. The van der Waals surface area contributed by atoms with Gasteiger partial charge in [-0.05, 0) is 35.7 Å². The number of nitrogens with zero attached hydrogens (tertiary/aromatic N) is 2. The Morgan fingerprint density at radius 3 is 2.67 bits per heavy atom. The number of benzene rings is 2. The molecule has 0 bridgehead atoms. The van der Waals surface area contributed by atoms with Gasteiger partial charge in [-0.2, -0.15) is 0 Å². The number of aromatic amines is 1. The van der Waals surface area contributed by atoms with Gasteiger partial charge >= 0.3 is 0 Å². The van der Waals surface area contributed by atoms with Gasteiger partial charge in [0.1, 0.15) is 6.04 Å². The van der Waals surface area contributed by atoms with E-state index in [1.54, 1.807) is 4.90 Å². The zero-order valence-corrected chi connectivity index (χ0v) is 20.8. The van der Waals surface area contributed by atoms with E-state index in [2.05, 4.69) is 24.0 Å². The monoisotopic (exact) mass is 487 g/mol. The van der Waals surface area contributed by atoms with Gasteiger partial charge in [0.2, 0.25) is 18.6 Å². The van der Waals surface area contributed by atoms with Crippen molar-refractivity contribution in [2.45, 2.75) is 64.0 Å². The molecule has 3 aliphatic rings. The van der Waals surface area contributed by atoms with Crippen LogP contribution in [0, 0.1) is 0 Å². The summed E-state index contributed by atoms with van der Waals surface area (Å²) in [5.74, 6) is 1.43. The first kappa shape index (κ1) is 23.0. The van der Waals surface area contributed by atoms with Crippen molar-refractivity contribution in [3.63, 3.8) is 0 Å². The first-order chi connectivity index (χ1) is 17.7. The first-order valence-electron chi connectivity index (χ1n) is 13.2. The van der Waals surface area contributed by atoms with E-state index >= 15 is 0 Å². The second-order valence-electron chi connectivity index (χ2n) is 10.1. The number of unbranched alkanes of at least 4 members (excludes halogenated alkanes) is 5. The molecule has 2 aromatic carbocycles. The Kier molecular flexibility index (Phi) is 6.07. The smallest absolute Gasteiger partial charge is 0.246 e. The fourth-order valence-electron chi connectivity index (χ4n) is 6.03. The average molecular weight is 488 g/mol. The molecule has 0 unspecified atom stereocenters. The van der Waals surface area contributed by atoms with Gasteiger partial charge in [0.25, 0.3) is 0 Å². The van der Waals surface area contributed by atoms with Crippen LogP contribution in [-0.2, 0) is 16.0 Å². The minimum Gasteiger partial charge on any atom is -0.454 e. The molecule has 2 amide bonds. The first-order valence-corrected chi connectivity index (χ1v) is 13.2. The van der Waals surface area contributed by atoms with Gasteiger partial charge in [0, 0.05) is 29.6 Å². The van der Waals surface area contributed by atoms with Crippen LogP contribution in [0.25, 0.3) is 10.9 Å². The van der Waals surface area contributed by atoms with Crippen LogP contribution in [0.15, 0.2) is 42.5 Å². The molecular weight excluding hydrogens is 454 g/mol. The summed E-state index contributed by atoms with van der Waals surface area (Å²) in [6, 6.07) is 13.1. The number of para-hydroxylation sites is 1. The van der Waals surface area contributed by atoms with E-state index in [9.17, 15) is 9.59 Å². The Morgan fingerprint density at radius 2 is 1.78 bits per heavy atom. The highest BCUT2D eigenvalue weighted by atomic mass is 16.7. The van der Waals surface area contributed by atoms with Gasteiger partial charge in [-0.3, -0.25) is 9.59 Å². The van der Waals surface area contributed by atoms with Crippen molar-refractivity contribution < 1.29 is 19.1 Å². The van der Waals surface area contributed by atoms with Crippen molar-refractivity contribution in [2.75, 3.05) is 19.9 Å². The molecule has 0 saturated carbocycles. The second-order valence-corrected chi connectivity index (χ2v) is 10.1. The van der Waals surface area contributed by atoms with Crippen LogP contribution in [0.1, 0.15) is 68.3 Å². The molecule has 1 N–H and O–H groups in total. The molecule has 7 nitrogen and oxygen atoms in total. The molecular formula is C29H33N3O4. The van der Waals surface area contributed by atoms with E-state index in [0.29, 0.717) is 24.5 Å². The number of rotatable bonds is 8. The lowest BCUT2D eigenvalue weighted by atomic mass is 9.86. The summed E-state index contributed by atoms with van der Waals surface area (Å²) in [7, 11) is 0. The third kappa shape index (κ3) is 3.91. The SMILES string of the molecule is CCCCCCCCN1CC(=O)N2[C@H](c3ccc4c(c3)OCO4)c3[nH]c4ccccc4c3C[C@@H]2C1=O. The maximum absolute atomic E-state index is 13.8. The topological polar surface area (TPSA) is 74.9 Å². The Bertz CT molecular complexity index is 1300. The van der Waals surface area contributed by atoms with Gasteiger partial charge in [0.15, 0.2) is 11.5 Å². The third-order valence-corrected chi connectivity index (χ3v) is 7.84. The summed E-state index contributed by atoms with van der Waals surface area (Å²) in [6.07, 6.45) is 7.46. The summed E-state index contributed by atoms with van der Waals surface area (Å²) in [5.41, 5.74) is 4.05. The molecule has 1 fully saturated rings. The van der Waals surface area contributed by atoms with Crippen molar-refractivity contribution in [1.29, 1.82) is 0 Å². The largest absolute Gasteiger partial charge is 0.454 e. The number of H-pyrrole nitrogens is 1. The van der Waals surface area contributed by atoms with E-state index in [1.165, 1.54) is 25.7 Å². The molecule has 1 aromatic heterocycles. The van der Waals surface area contributed by atoms with E-state index in [4.69, 9.17) is 9.47 Å². The summed E-state index contributed by atoms with van der Waals surface area (Å²) in [4.78, 5) is 34.6. The number of nitrogens with one attached hydrogen (secondary N) is 1. The lowest BCUT2D eigenvalue weighted by Gasteiger charge is -2.47. The van der Waals surface area contributed by atoms with E-state index in [0.717, 1.165) is 40.6 Å². The van der Waals surface area contributed by atoms with Gasteiger partial charge in [-0.15, -0.1) is 0 Å². The van der Waals surface area contributed by atoms with E-state index in [1.807, 2.05) is 35.2 Å². The van der Waals surface area contributed by atoms with Crippen molar-refractivity contribution in [1.82, 2.24) is 14.8 Å². The van der Waals surface area contributed by atoms with Crippen LogP contribution in [0.5, 0.6) is 11.5 Å². The number of carbonyl (C=O) groups is 2. The van der Waals surface area contributed by atoms with Gasteiger partial charge in [0.05, 0.1) is 12.6 Å². The fourth-order valence-corrected chi connectivity index (χ4v) is 6.03. The molecule has 3 aliphatic heterocycles. The van der Waals surface area contributed by atoms with Crippen LogP contribution >= 0.6 is 0 Å². The number of hydrogen-bond donors (Lipinski definition) is 1. The quantitative estimate of drug-likeness (QED) is 0.457. The maximum atomic E-state index is 13.8. The van der Waals surface area contributed by atoms with Crippen LogP contribution in [0.3, 0.4) is 0 Å². The summed E-state index contributed by atoms with van der Waals surface area (Å²) in [5, 5.41) is 1.12. The normalized spacial score (nSPS) is 20.7. The Balaban J connectivity index is 1.33. The maximum Gasteiger partial charge on any atom is 0.246 e. The van der Waals surface area contributed by atoms with E-state index in [-0.39, 0.29) is 31.2 Å². The fraction of sp³-hybridized carbons (Fsp3) is 0.448. The highest BCUT2D eigenvalue weighted by Gasteiger charge is 2.48. The van der Waals surface area contributed by atoms with Gasteiger partial charge in [-0.1, -0.05) is 63.3 Å². The number of piperazine rings is 1. The van der Waals surface area contributed by atoms with Crippen molar-refractivity contribution in [2.24, 2.45) is 0 Å². The Labute approximate surface area is 211 Å². The molecule has 4 heterocycles. The molecule has 36 heavy (non-hydrogen) atoms. The van der Waals surface area contributed by atoms with Gasteiger partial charge in [-0.25, -0.2) is 0 Å². The molecule has 0 spiro atoms. The number of amides is 2. The van der Waals surface area contributed by atoms with E-state index < -0.39 is 6.04 Å². The molecule has 0 radical (unpaired) electrons. The summed E-state index contributed by atoms with van der Waals surface area (Å²) < 4.78 is 11.2. The second kappa shape index (κ2) is 9.52. The predicted molar refractivity (Wildman–Crippen MR) is 137 cm³/mol. The van der Waals surface area contributed by atoms with Crippen LogP contribution in [0.2, 0.25) is 0 Å². The molecule has 188 valence electrons. The third-order valence-electron chi connectivity index (χ3n) is 7.84. The lowest BCUT2D eigenvalue weighted by Crippen LogP contribution is -2.63. The molecule has 6 rings (SSSR count). The Morgan fingerprint density at radius 1 is 0.972 bits per heavy atom. The number of aromatic nitrogens is 1. The zero-order valence-electron chi connectivity index (χ0n) is 20.8. The summed E-state index contributed by atoms with van der Waals surface area (Å²) >= 11 is 0. The minimum atomic E-state index is -0.506. The highest BCUT2D eigenvalue weighted by Crippen LogP contribution is 2.44. The standard InChI is InChI=1S/C29H33N3O4/c1-2-3-4-5-6-9-14-31-17-26(33)32-23(29(31)34)16-21-20-10-7-8-11-22(20)30-27(21)28(32)19-12-13-24-25(15-19)36-18-35-24/h7-8,10-13,15,23,28,30H,2-6,9,14,16-18H2,1H3/t23-,28-/m1/s1. The molecule has 0 aliphatic carbocycles. The van der Waals surface area contributed by atoms with Crippen LogP contribution in [0.4, 0.5) is 0 Å². The van der Waals surface area contributed by atoms with Crippen molar-refractivity contribution >= 4 is 22.7 Å². The Hall–Kier alpha value is -3.48. The number of fused-ring (bicyclic) bond motifs is 5. The number of carbonyl (C=O) groups excluding carboxylic acids is 2. The predicted octanol–water partition coefficient (Wildman–Crippen LogP) is 4.94. The van der Waals surface area contributed by atoms with Gasteiger partial charge < -0.3 is 24.3 Å². The zero-order chi connectivity index (χ0) is 24.6. The number of hydrogen-bond acceptors (Lipinski definition) is 4. The summed E-state index contributed by atoms with van der Waals surface area (Å²) in [6.45, 7) is 3.19. The highest BCUT2D eigenvalue weighted by molar-refractivity contribution is 5.97. The number of ether oxygens (including phenoxy) is 2. The average Bonchev–Trinajstić information content (AvgIpc) is 3.51. The van der Waals surface area contributed by atoms with Crippen LogP contribution < -0.4 is 9.47 Å².